The lowest BCUT2D eigenvalue weighted by Crippen LogP contribution is -2.07. The van der Waals surface area contributed by atoms with Gasteiger partial charge >= 0.3 is 0 Å². The standard InChI is InChI=1S/C16H19NO2/c1-4-6-14(18)12-8-9-15(19-11(2)3)16-13(12)7-5-10-17-16/h5,7-11H,4,6H2,1-3H3. The summed E-state index contributed by atoms with van der Waals surface area (Å²) in [5, 5.41) is 0.874. The molecule has 0 amide bonds. The highest BCUT2D eigenvalue weighted by atomic mass is 16.5. The summed E-state index contributed by atoms with van der Waals surface area (Å²) in [4.78, 5) is 16.5. The van der Waals surface area contributed by atoms with E-state index < -0.39 is 0 Å². The first-order chi connectivity index (χ1) is 9.13. The Labute approximate surface area is 113 Å². The van der Waals surface area contributed by atoms with Gasteiger partial charge in [-0.2, -0.15) is 0 Å². The van der Waals surface area contributed by atoms with E-state index in [2.05, 4.69) is 4.98 Å². The molecule has 0 aliphatic heterocycles. The molecule has 0 N–H and O–H groups in total. The Hall–Kier alpha value is -1.90. The van der Waals surface area contributed by atoms with Crippen molar-refractivity contribution in [2.24, 2.45) is 0 Å². The van der Waals surface area contributed by atoms with Gasteiger partial charge in [0.15, 0.2) is 5.78 Å². The van der Waals surface area contributed by atoms with E-state index >= 15 is 0 Å². The SMILES string of the molecule is CCCC(=O)c1ccc(OC(C)C)c2ncccc12. The molecule has 0 saturated carbocycles. The summed E-state index contributed by atoms with van der Waals surface area (Å²) >= 11 is 0. The number of hydrogen-bond acceptors (Lipinski definition) is 3. The third kappa shape index (κ3) is 2.92. The first-order valence-electron chi connectivity index (χ1n) is 6.71. The molecule has 1 heterocycles. The normalized spacial score (nSPS) is 10.9. The third-order valence-corrected chi connectivity index (χ3v) is 2.87. The van der Waals surface area contributed by atoms with Crippen LogP contribution in [-0.4, -0.2) is 16.9 Å². The summed E-state index contributed by atoms with van der Waals surface area (Å²) in [6, 6.07) is 7.47. The van der Waals surface area contributed by atoms with Gasteiger partial charge in [0.2, 0.25) is 0 Å². The van der Waals surface area contributed by atoms with Crippen molar-refractivity contribution in [3.8, 4) is 5.75 Å². The molecule has 0 saturated heterocycles. The van der Waals surface area contributed by atoms with Crippen molar-refractivity contribution in [3.63, 3.8) is 0 Å². The smallest absolute Gasteiger partial charge is 0.163 e. The Balaban J connectivity index is 2.55. The number of ketones is 1. The van der Waals surface area contributed by atoms with E-state index in [9.17, 15) is 4.79 Å². The molecule has 3 heteroatoms. The molecule has 1 aromatic carbocycles. The molecule has 0 radical (unpaired) electrons. The number of Topliss-reactive ketones (excluding diaryl/α,β-unsaturated/α-hetero) is 1. The van der Waals surface area contributed by atoms with Crippen molar-refractivity contribution in [1.82, 2.24) is 4.98 Å². The molecule has 0 unspecified atom stereocenters. The number of aromatic nitrogens is 1. The molecule has 2 rings (SSSR count). The van der Waals surface area contributed by atoms with E-state index in [1.807, 2.05) is 45.0 Å². The third-order valence-electron chi connectivity index (χ3n) is 2.87. The zero-order valence-electron chi connectivity index (χ0n) is 11.6. The van der Waals surface area contributed by atoms with Crippen molar-refractivity contribution in [1.29, 1.82) is 0 Å². The Morgan fingerprint density at radius 3 is 2.79 bits per heavy atom. The van der Waals surface area contributed by atoms with Gasteiger partial charge in [-0.3, -0.25) is 9.78 Å². The van der Waals surface area contributed by atoms with Crippen LogP contribution in [0.5, 0.6) is 5.75 Å². The van der Waals surface area contributed by atoms with Crippen molar-refractivity contribution in [2.75, 3.05) is 0 Å². The van der Waals surface area contributed by atoms with Crippen LogP contribution >= 0.6 is 0 Å². The highest BCUT2D eigenvalue weighted by molar-refractivity contribution is 6.08. The average Bonchev–Trinajstić information content (AvgIpc) is 2.38. The van der Waals surface area contributed by atoms with Crippen molar-refractivity contribution in [2.45, 2.75) is 39.7 Å². The van der Waals surface area contributed by atoms with E-state index in [4.69, 9.17) is 4.74 Å². The minimum atomic E-state index is 0.0856. The minimum absolute atomic E-state index is 0.0856. The highest BCUT2D eigenvalue weighted by Crippen LogP contribution is 2.28. The molecule has 1 aromatic heterocycles. The van der Waals surface area contributed by atoms with Crippen LogP contribution in [0.4, 0.5) is 0 Å². The van der Waals surface area contributed by atoms with E-state index in [1.165, 1.54) is 0 Å². The van der Waals surface area contributed by atoms with Crippen molar-refractivity contribution in [3.05, 3.63) is 36.0 Å². The van der Waals surface area contributed by atoms with Crippen molar-refractivity contribution >= 4 is 16.7 Å². The number of hydrogen-bond donors (Lipinski definition) is 0. The van der Waals surface area contributed by atoms with Crippen LogP contribution < -0.4 is 4.74 Å². The molecular weight excluding hydrogens is 238 g/mol. The number of pyridine rings is 1. The van der Waals surface area contributed by atoms with Crippen LogP contribution in [0, 0.1) is 0 Å². The molecule has 0 atom stereocenters. The monoisotopic (exact) mass is 257 g/mol. The molecular formula is C16H19NO2. The Morgan fingerprint density at radius 2 is 2.11 bits per heavy atom. The van der Waals surface area contributed by atoms with Gasteiger partial charge in [0, 0.05) is 23.6 Å². The Bertz CT molecular complexity index is 590. The molecule has 0 spiro atoms. The Kier molecular flexibility index (Phi) is 4.15. The number of carbonyl (C=O) groups excluding carboxylic acids is 1. The van der Waals surface area contributed by atoms with E-state index in [0.29, 0.717) is 6.42 Å². The summed E-state index contributed by atoms with van der Waals surface area (Å²) in [6.45, 7) is 5.96. The summed E-state index contributed by atoms with van der Waals surface area (Å²) in [7, 11) is 0. The molecule has 0 bridgehead atoms. The zero-order chi connectivity index (χ0) is 13.8. The van der Waals surface area contributed by atoms with E-state index in [0.717, 1.165) is 28.6 Å². The number of carbonyl (C=O) groups is 1. The summed E-state index contributed by atoms with van der Waals surface area (Å²) in [6.07, 6.45) is 3.23. The van der Waals surface area contributed by atoms with Gasteiger partial charge in [-0.05, 0) is 38.5 Å². The van der Waals surface area contributed by atoms with Crippen LogP contribution in [0.2, 0.25) is 0 Å². The summed E-state index contributed by atoms with van der Waals surface area (Å²) in [5.41, 5.74) is 1.50. The second-order valence-corrected chi connectivity index (χ2v) is 4.85. The zero-order valence-corrected chi connectivity index (χ0v) is 11.6. The predicted molar refractivity (Wildman–Crippen MR) is 76.7 cm³/mol. The molecule has 0 aliphatic carbocycles. The van der Waals surface area contributed by atoms with Gasteiger partial charge in [0.05, 0.1) is 6.10 Å². The molecule has 2 aromatic rings. The number of rotatable bonds is 5. The maximum Gasteiger partial charge on any atom is 0.163 e. The lowest BCUT2D eigenvalue weighted by atomic mass is 10.0. The fourth-order valence-electron chi connectivity index (χ4n) is 2.10. The van der Waals surface area contributed by atoms with Gasteiger partial charge < -0.3 is 4.74 Å². The molecule has 3 nitrogen and oxygen atoms in total. The molecule has 100 valence electrons. The van der Waals surface area contributed by atoms with Gasteiger partial charge in [0.1, 0.15) is 11.3 Å². The number of ether oxygens (including phenoxy) is 1. The maximum absolute atomic E-state index is 12.1. The maximum atomic E-state index is 12.1. The quantitative estimate of drug-likeness (QED) is 0.760. The number of nitrogens with zero attached hydrogens (tertiary/aromatic N) is 1. The Morgan fingerprint density at radius 1 is 1.32 bits per heavy atom. The summed E-state index contributed by atoms with van der Waals surface area (Å²) < 4.78 is 5.75. The first kappa shape index (κ1) is 13.5. The number of benzene rings is 1. The topological polar surface area (TPSA) is 39.2 Å². The van der Waals surface area contributed by atoms with Gasteiger partial charge in [-0.15, -0.1) is 0 Å². The van der Waals surface area contributed by atoms with Crippen LogP contribution in [0.25, 0.3) is 10.9 Å². The van der Waals surface area contributed by atoms with Crippen LogP contribution in [0.3, 0.4) is 0 Å². The predicted octanol–water partition coefficient (Wildman–Crippen LogP) is 4.00. The lowest BCUT2D eigenvalue weighted by molar-refractivity contribution is 0.0983. The lowest BCUT2D eigenvalue weighted by Gasteiger charge is -2.13. The second kappa shape index (κ2) is 5.83. The van der Waals surface area contributed by atoms with Crippen LogP contribution in [-0.2, 0) is 0 Å². The van der Waals surface area contributed by atoms with Crippen LogP contribution in [0.15, 0.2) is 30.5 Å². The second-order valence-electron chi connectivity index (χ2n) is 4.85. The average molecular weight is 257 g/mol. The van der Waals surface area contributed by atoms with E-state index in [-0.39, 0.29) is 11.9 Å². The summed E-state index contributed by atoms with van der Waals surface area (Å²) in [5.74, 6) is 0.898. The highest BCUT2D eigenvalue weighted by Gasteiger charge is 2.13. The first-order valence-corrected chi connectivity index (χ1v) is 6.71. The van der Waals surface area contributed by atoms with E-state index in [1.54, 1.807) is 6.20 Å². The van der Waals surface area contributed by atoms with Gasteiger partial charge in [-0.25, -0.2) is 0 Å². The largest absolute Gasteiger partial charge is 0.489 e. The fourth-order valence-corrected chi connectivity index (χ4v) is 2.10. The van der Waals surface area contributed by atoms with Gasteiger partial charge in [-0.1, -0.05) is 13.0 Å². The van der Waals surface area contributed by atoms with Gasteiger partial charge in [0.25, 0.3) is 0 Å². The molecule has 0 aliphatic rings. The van der Waals surface area contributed by atoms with Crippen LogP contribution in [0.1, 0.15) is 44.0 Å². The van der Waals surface area contributed by atoms with Crippen molar-refractivity contribution < 1.29 is 9.53 Å². The fraction of sp³-hybridized carbons (Fsp3) is 0.375. The minimum Gasteiger partial charge on any atom is -0.489 e. The molecule has 19 heavy (non-hydrogen) atoms. The molecule has 0 fully saturated rings. The number of fused-ring (bicyclic) bond motifs is 1.